The van der Waals surface area contributed by atoms with Gasteiger partial charge in [0.25, 0.3) is 5.91 Å². The van der Waals surface area contributed by atoms with Crippen LogP contribution in [-0.4, -0.2) is 16.6 Å². The third-order valence-corrected chi connectivity index (χ3v) is 3.34. The van der Waals surface area contributed by atoms with Gasteiger partial charge in [-0.15, -0.1) is 0 Å². The van der Waals surface area contributed by atoms with Crippen molar-refractivity contribution in [1.82, 2.24) is 5.32 Å². The maximum absolute atomic E-state index is 11.8. The Labute approximate surface area is 107 Å². The van der Waals surface area contributed by atoms with E-state index in [1.807, 2.05) is 18.2 Å². The largest absolute Gasteiger partial charge is 0.399 e. The second-order valence-corrected chi connectivity index (χ2v) is 5.44. The van der Waals surface area contributed by atoms with Gasteiger partial charge in [-0.3, -0.25) is 4.79 Å². The van der Waals surface area contributed by atoms with Crippen molar-refractivity contribution in [3.05, 3.63) is 29.3 Å². The fourth-order valence-corrected chi connectivity index (χ4v) is 2.32. The molecular weight excluding hydrogens is 228 g/mol. The van der Waals surface area contributed by atoms with Gasteiger partial charge in [0, 0.05) is 5.69 Å². The minimum Gasteiger partial charge on any atom is -0.399 e. The normalized spacial score (nSPS) is 19.2. The molecule has 1 aromatic rings. The Morgan fingerprint density at radius 2 is 2.22 bits per heavy atom. The van der Waals surface area contributed by atoms with Crippen molar-refractivity contribution in [2.75, 3.05) is 5.73 Å². The van der Waals surface area contributed by atoms with Gasteiger partial charge in [-0.1, -0.05) is 6.07 Å². The number of aliphatic hydroxyl groups is 1. The molecule has 1 unspecified atom stereocenters. The summed E-state index contributed by atoms with van der Waals surface area (Å²) in [5.74, 6) is -0.336. The summed E-state index contributed by atoms with van der Waals surface area (Å²) in [6.07, 6.45) is 2.92. The molecule has 0 bridgehead atoms. The van der Waals surface area contributed by atoms with Gasteiger partial charge < -0.3 is 16.2 Å². The Bertz CT molecular complexity index is 463. The summed E-state index contributed by atoms with van der Waals surface area (Å²) in [6.45, 7) is 2.99. The van der Waals surface area contributed by atoms with Crippen LogP contribution in [0.4, 0.5) is 5.69 Å². The van der Waals surface area contributed by atoms with Gasteiger partial charge in [0.2, 0.25) is 0 Å². The maximum Gasteiger partial charge on any atom is 0.251 e. The maximum atomic E-state index is 11.8. The highest BCUT2D eigenvalue weighted by Gasteiger charge is 2.28. The molecule has 0 saturated heterocycles. The number of rotatable bonds is 2. The van der Waals surface area contributed by atoms with Crippen molar-refractivity contribution >= 4 is 11.6 Å². The molecule has 4 heteroatoms. The van der Waals surface area contributed by atoms with Gasteiger partial charge in [-0.05, 0) is 56.4 Å². The standard InChI is InChI=1S/C14H20N2O2/c1-14(2,18)13(17)16-12-5-3-4-9-8-10(15)6-7-11(9)12/h6-8,12,18H,3-5,15H2,1-2H3,(H,16,17). The van der Waals surface area contributed by atoms with Crippen molar-refractivity contribution in [3.63, 3.8) is 0 Å². The highest BCUT2D eigenvalue weighted by Crippen LogP contribution is 2.31. The summed E-state index contributed by atoms with van der Waals surface area (Å²) in [6, 6.07) is 5.78. The number of aryl methyl sites for hydroxylation is 1. The zero-order valence-corrected chi connectivity index (χ0v) is 10.9. The van der Waals surface area contributed by atoms with E-state index < -0.39 is 5.60 Å². The van der Waals surface area contributed by atoms with Crippen molar-refractivity contribution in [2.45, 2.75) is 44.8 Å². The van der Waals surface area contributed by atoms with Crippen molar-refractivity contribution in [3.8, 4) is 0 Å². The molecule has 1 amide bonds. The summed E-state index contributed by atoms with van der Waals surface area (Å²) in [7, 11) is 0. The van der Waals surface area contributed by atoms with Gasteiger partial charge in [-0.25, -0.2) is 0 Å². The van der Waals surface area contributed by atoms with Gasteiger partial charge in [0.1, 0.15) is 5.60 Å². The molecule has 18 heavy (non-hydrogen) atoms. The van der Waals surface area contributed by atoms with Gasteiger partial charge in [-0.2, -0.15) is 0 Å². The van der Waals surface area contributed by atoms with E-state index in [0.717, 1.165) is 30.5 Å². The monoisotopic (exact) mass is 248 g/mol. The number of fused-ring (bicyclic) bond motifs is 1. The number of anilines is 1. The van der Waals surface area contributed by atoms with E-state index in [0.29, 0.717) is 0 Å². The fourth-order valence-electron chi connectivity index (χ4n) is 2.32. The van der Waals surface area contributed by atoms with Crippen LogP contribution in [0.1, 0.15) is 43.9 Å². The van der Waals surface area contributed by atoms with Crippen LogP contribution >= 0.6 is 0 Å². The first kappa shape index (κ1) is 12.9. The van der Waals surface area contributed by atoms with Crippen LogP contribution in [0.5, 0.6) is 0 Å². The molecule has 0 aliphatic heterocycles. The summed E-state index contributed by atoms with van der Waals surface area (Å²) < 4.78 is 0. The van der Waals surface area contributed by atoms with Crippen LogP contribution in [0.3, 0.4) is 0 Å². The van der Waals surface area contributed by atoms with Crippen LogP contribution in [0, 0.1) is 0 Å². The first-order valence-electron chi connectivity index (χ1n) is 6.29. The van der Waals surface area contributed by atoms with Gasteiger partial charge in [0.15, 0.2) is 0 Å². The molecular formula is C14H20N2O2. The lowest BCUT2D eigenvalue weighted by atomic mass is 9.87. The molecule has 4 nitrogen and oxygen atoms in total. The highest BCUT2D eigenvalue weighted by molar-refractivity contribution is 5.84. The third-order valence-electron chi connectivity index (χ3n) is 3.34. The van der Waals surface area contributed by atoms with E-state index in [4.69, 9.17) is 5.73 Å². The number of amides is 1. The topological polar surface area (TPSA) is 75.3 Å². The first-order valence-corrected chi connectivity index (χ1v) is 6.29. The molecule has 1 aromatic carbocycles. The average molecular weight is 248 g/mol. The number of hydrogen-bond acceptors (Lipinski definition) is 3. The number of carbonyl (C=O) groups is 1. The lowest BCUT2D eigenvalue weighted by Gasteiger charge is -2.29. The second kappa shape index (κ2) is 4.61. The molecule has 0 saturated carbocycles. The molecule has 0 heterocycles. The Balaban J connectivity index is 2.21. The number of nitrogen functional groups attached to an aromatic ring is 1. The zero-order valence-electron chi connectivity index (χ0n) is 10.9. The van der Waals surface area contributed by atoms with Crippen molar-refractivity contribution < 1.29 is 9.90 Å². The fraction of sp³-hybridized carbons (Fsp3) is 0.500. The predicted octanol–water partition coefficient (Wildman–Crippen LogP) is 1.53. The number of benzene rings is 1. The molecule has 1 atom stereocenters. The summed E-state index contributed by atoms with van der Waals surface area (Å²) >= 11 is 0. The van der Waals surface area contributed by atoms with E-state index >= 15 is 0 Å². The SMILES string of the molecule is CC(C)(O)C(=O)NC1CCCc2cc(N)ccc21. The lowest BCUT2D eigenvalue weighted by molar-refractivity contribution is -0.137. The van der Waals surface area contributed by atoms with E-state index in [-0.39, 0.29) is 11.9 Å². The summed E-state index contributed by atoms with van der Waals surface area (Å²) in [4.78, 5) is 11.8. The molecule has 0 fully saturated rings. The van der Waals surface area contributed by atoms with Gasteiger partial charge >= 0.3 is 0 Å². The molecule has 4 N–H and O–H groups in total. The summed E-state index contributed by atoms with van der Waals surface area (Å²) in [5, 5.41) is 12.6. The smallest absolute Gasteiger partial charge is 0.251 e. The van der Waals surface area contributed by atoms with E-state index in [1.54, 1.807) is 0 Å². The van der Waals surface area contributed by atoms with Gasteiger partial charge in [0.05, 0.1) is 6.04 Å². The minimum absolute atomic E-state index is 0.0201. The van der Waals surface area contributed by atoms with Crippen molar-refractivity contribution in [1.29, 1.82) is 0 Å². The Morgan fingerprint density at radius 1 is 1.50 bits per heavy atom. The van der Waals surface area contributed by atoms with Crippen LogP contribution < -0.4 is 11.1 Å². The van der Waals surface area contributed by atoms with E-state index in [2.05, 4.69) is 5.32 Å². The second-order valence-electron chi connectivity index (χ2n) is 5.44. The third kappa shape index (κ3) is 2.64. The van der Waals surface area contributed by atoms with Crippen LogP contribution in [0.2, 0.25) is 0 Å². The molecule has 98 valence electrons. The Kier molecular flexibility index (Phi) is 3.30. The minimum atomic E-state index is -1.34. The van der Waals surface area contributed by atoms with E-state index in [9.17, 15) is 9.90 Å². The quantitative estimate of drug-likeness (QED) is 0.695. The summed E-state index contributed by atoms with van der Waals surface area (Å²) in [5.41, 5.74) is 7.50. The molecule has 0 aromatic heterocycles. The number of carbonyl (C=O) groups excluding carboxylic acids is 1. The molecule has 0 spiro atoms. The Morgan fingerprint density at radius 3 is 2.89 bits per heavy atom. The average Bonchev–Trinajstić information content (AvgIpc) is 2.27. The molecule has 2 rings (SSSR count). The first-order chi connectivity index (χ1) is 8.38. The number of nitrogens with two attached hydrogens (primary N) is 1. The number of nitrogens with one attached hydrogen (secondary N) is 1. The molecule has 1 aliphatic carbocycles. The predicted molar refractivity (Wildman–Crippen MR) is 71.0 cm³/mol. The lowest BCUT2D eigenvalue weighted by Crippen LogP contribution is -2.44. The van der Waals surface area contributed by atoms with Crippen LogP contribution in [0.15, 0.2) is 18.2 Å². The van der Waals surface area contributed by atoms with E-state index in [1.165, 1.54) is 19.4 Å². The zero-order chi connectivity index (χ0) is 13.3. The van der Waals surface area contributed by atoms with Crippen molar-refractivity contribution in [2.24, 2.45) is 0 Å². The molecule has 1 aliphatic rings. The molecule has 0 radical (unpaired) electrons. The number of hydrogen-bond donors (Lipinski definition) is 3. The Hall–Kier alpha value is -1.55. The highest BCUT2D eigenvalue weighted by atomic mass is 16.3. The van der Waals surface area contributed by atoms with Crippen LogP contribution in [0.25, 0.3) is 0 Å². The van der Waals surface area contributed by atoms with Crippen LogP contribution in [-0.2, 0) is 11.2 Å².